The smallest absolute Gasteiger partial charge is 0.0431 e. The highest BCUT2D eigenvalue weighted by Gasteiger charge is 2.22. The molecule has 2 rings (SSSR count). The molecule has 1 aromatic rings. The number of benzene rings is 1. The van der Waals surface area contributed by atoms with Crippen molar-refractivity contribution in [1.29, 1.82) is 0 Å². The van der Waals surface area contributed by atoms with E-state index >= 15 is 0 Å². The van der Waals surface area contributed by atoms with E-state index in [0.29, 0.717) is 18.7 Å². The third-order valence-electron chi connectivity index (χ3n) is 4.31. The van der Waals surface area contributed by atoms with Crippen molar-refractivity contribution in [3.05, 3.63) is 35.9 Å². The molecule has 0 bridgehead atoms. The molecule has 1 aliphatic carbocycles. The Bertz CT molecular complexity index is 344. The first-order valence-corrected chi connectivity index (χ1v) is 7.71. The second-order valence-corrected chi connectivity index (χ2v) is 5.89. The van der Waals surface area contributed by atoms with E-state index in [1.807, 2.05) is 0 Å². The van der Waals surface area contributed by atoms with Crippen LogP contribution in [-0.4, -0.2) is 23.8 Å². The van der Waals surface area contributed by atoms with Gasteiger partial charge in [0, 0.05) is 18.7 Å². The van der Waals surface area contributed by atoms with Gasteiger partial charge < -0.3 is 10.4 Å². The second kappa shape index (κ2) is 7.66. The number of aliphatic hydroxyl groups is 1. The molecule has 1 fully saturated rings. The van der Waals surface area contributed by atoms with E-state index in [2.05, 4.69) is 42.6 Å². The summed E-state index contributed by atoms with van der Waals surface area (Å²) in [5.41, 5.74) is 1.51. The molecule has 2 heteroatoms. The van der Waals surface area contributed by atoms with Crippen LogP contribution in [0.1, 0.15) is 56.9 Å². The van der Waals surface area contributed by atoms with Crippen LogP contribution in [0.15, 0.2) is 30.3 Å². The average Bonchev–Trinajstić information content (AvgIpc) is 2.47. The second-order valence-electron chi connectivity index (χ2n) is 5.89. The molecular weight excluding hydrogens is 234 g/mol. The Kier molecular flexibility index (Phi) is 5.87. The molecule has 1 aromatic carbocycles. The first-order valence-electron chi connectivity index (χ1n) is 7.71. The van der Waals surface area contributed by atoms with Crippen molar-refractivity contribution in [2.75, 3.05) is 6.61 Å². The monoisotopic (exact) mass is 261 g/mol. The Hall–Kier alpha value is -0.860. The van der Waals surface area contributed by atoms with Crippen LogP contribution in [0.4, 0.5) is 0 Å². The molecule has 1 aliphatic rings. The minimum Gasteiger partial charge on any atom is -0.396 e. The summed E-state index contributed by atoms with van der Waals surface area (Å²) in [4.78, 5) is 0. The molecule has 1 saturated carbocycles. The molecule has 0 aliphatic heterocycles. The lowest BCUT2D eigenvalue weighted by Crippen LogP contribution is -2.38. The van der Waals surface area contributed by atoms with Gasteiger partial charge in [0.1, 0.15) is 0 Å². The largest absolute Gasteiger partial charge is 0.396 e. The predicted octanol–water partition coefficient (Wildman–Crippen LogP) is 3.46. The highest BCUT2D eigenvalue weighted by atomic mass is 16.2. The van der Waals surface area contributed by atoms with Gasteiger partial charge in [0.2, 0.25) is 0 Å². The minimum atomic E-state index is 0.312. The molecule has 0 aromatic heterocycles. The summed E-state index contributed by atoms with van der Waals surface area (Å²) in [6, 6.07) is 12.1. The SMILES string of the molecule is CC(CCCO)NC1CCC(c2ccccc2)CC1. The average molecular weight is 261 g/mol. The molecule has 0 radical (unpaired) electrons. The highest BCUT2D eigenvalue weighted by molar-refractivity contribution is 5.20. The Morgan fingerprint density at radius 1 is 1.16 bits per heavy atom. The fraction of sp³-hybridized carbons (Fsp3) is 0.647. The Morgan fingerprint density at radius 3 is 2.47 bits per heavy atom. The number of nitrogens with one attached hydrogen (secondary N) is 1. The summed E-state index contributed by atoms with van der Waals surface area (Å²) in [7, 11) is 0. The molecule has 0 spiro atoms. The zero-order valence-electron chi connectivity index (χ0n) is 12.0. The molecule has 0 heterocycles. The van der Waals surface area contributed by atoms with Crippen LogP contribution < -0.4 is 5.32 Å². The predicted molar refractivity (Wildman–Crippen MR) is 80.4 cm³/mol. The van der Waals surface area contributed by atoms with Crippen molar-refractivity contribution in [3.8, 4) is 0 Å². The molecular formula is C17H27NO. The quantitative estimate of drug-likeness (QED) is 0.822. The molecule has 0 saturated heterocycles. The van der Waals surface area contributed by atoms with Crippen molar-refractivity contribution in [2.45, 2.75) is 63.5 Å². The van der Waals surface area contributed by atoms with Gasteiger partial charge in [-0.2, -0.15) is 0 Å². The summed E-state index contributed by atoms with van der Waals surface area (Å²) in [5.74, 6) is 0.756. The van der Waals surface area contributed by atoms with Crippen molar-refractivity contribution in [2.24, 2.45) is 0 Å². The van der Waals surface area contributed by atoms with E-state index in [4.69, 9.17) is 5.11 Å². The number of rotatable bonds is 6. The molecule has 1 unspecified atom stereocenters. The number of hydrogen-bond donors (Lipinski definition) is 2. The highest BCUT2D eigenvalue weighted by Crippen LogP contribution is 2.32. The summed E-state index contributed by atoms with van der Waals surface area (Å²) in [6.07, 6.45) is 7.15. The van der Waals surface area contributed by atoms with Crippen LogP contribution >= 0.6 is 0 Å². The minimum absolute atomic E-state index is 0.312. The van der Waals surface area contributed by atoms with Gasteiger partial charge in [0.25, 0.3) is 0 Å². The molecule has 2 N–H and O–H groups in total. The van der Waals surface area contributed by atoms with Crippen molar-refractivity contribution in [3.63, 3.8) is 0 Å². The van der Waals surface area contributed by atoms with Gasteiger partial charge in [0.05, 0.1) is 0 Å². The van der Waals surface area contributed by atoms with Gasteiger partial charge >= 0.3 is 0 Å². The lowest BCUT2D eigenvalue weighted by molar-refractivity contribution is 0.264. The van der Waals surface area contributed by atoms with Gasteiger partial charge in [-0.3, -0.25) is 0 Å². The maximum absolute atomic E-state index is 8.85. The number of hydrogen-bond acceptors (Lipinski definition) is 2. The van der Waals surface area contributed by atoms with Gasteiger partial charge in [0.15, 0.2) is 0 Å². The van der Waals surface area contributed by atoms with E-state index in [0.717, 1.165) is 18.8 Å². The van der Waals surface area contributed by atoms with Crippen LogP contribution in [0, 0.1) is 0 Å². The Labute approximate surface area is 117 Å². The van der Waals surface area contributed by atoms with Crippen molar-refractivity contribution < 1.29 is 5.11 Å². The van der Waals surface area contributed by atoms with Crippen LogP contribution in [0.2, 0.25) is 0 Å². The maximum atomic E-state index is 8.85. The van der Waals surface area contributed by atoms with Gasteiger partial charge in [-0.05, 0) is 56.9 Å². The van der Waals surface area contributed by atoms with Crippen LogP contribution in [0.5, 0.6) is 0 Å². The standard InChI is InChI=1S/C17H27NO/c1-14(6-5-13-19)18-17-11-9-16(10-12-17)15-7-3-2-4-8-15/h2-4,7-8,14,16-19H,5-6,9-13H2,1H3. The summed E-state index contributed by atoms with van der Waals surface area (Å²) in [5, 5.41) is 12.6. The summed E-state index contributed by atoms with van der Waals surface area (Å²) in [6.45, 7) is 2.55. The van der Waals surface area contributed by atoms with Crippen LogP contribution in [0.25, 0.3) is 0 Å². The van der Waals surface area contributed by atoms with Gasteiger partial charge in [-0.25, -0.2) is 0 Å². The normalized spacial score (nSPS) is 25.2. The summed E-state index contributed by atoms with van der Waals surface area (Å²) >= 11 is 0. The lowest BCUT2D eigenvalue weighted by atomic mass is 9.81. The van der Waals surface area contributed by atoms with Crippen LogP contribution in [0.3, 0.4) is 0 Å². The topological polar surface area (TPSA) is 32.3 Å². The Morgan fingerprint density at radius 2 is 1.84 bits per heavy atom. The van der Waals surface area contributed by atoms with Gasteiger partial charge in [-0.15, -0.1) is 0 Å². The van der Waals surface area contributed by atoms with Gasteiger partial charge in [-0.1, -0.05) is 30.3 Å². The zero-order chi connectivity index (χ0) is 13.5. The first kappa shape index (κ1) is 14.5. The van der Waals surface area contributed by atoms with E-state index in [1.54, 1.807) is 0 Å². The number of aliphatic hydroxyl groups excluding tert-OH is 1. The summed E-state index contributed by atoms with van der Waals surface area (Å²) < 4.78 is 0. The molecule has 19 heavy (non-hydrogen) atoms. The van der Waals surface area contributed by atoms with Crippen LogP contribution in [-0.2, 0) is 0 Å². The maximum Gasteiger partial charge on any atom is 0.0431 e. The van der Waals surface area contributed by atoms with Crippen molar-refractivity contribution >= 4 is 0 Å². The fourth-order valence-electron chi connectivity index (χ4n) is 3.20. The molecule has 106 valence electrons. The van der Waals surface area contributed by atoms with E-state index < -0.39 is 0 Å². The molecule has 2 nitrogen and oxygen atoms in total. The molecule has 1 atom stereocenters. The van der Waals surface area contributed by atoms with E-state index in [-0.39, 0.29) is 0 Å². The van der Waals surface area contributed by atoms with E-state index in [9.17, 15) is 0 Å². The zero-order valence-corrected chi connectivity index (χ0v) is 12.0. The lowest BCUT2D eigenvalue weighted by Gasteiger charge is -2.31. The molecule has 0 amide bonds. The Balaban J connectivity index is 1.73. The fourth-order valence-corrected chi connectivity index (χ4v) is 3.20. The van der Waals surface area contributed by atoms with Crippen molar-refractivity contribution in [1.82, 2.24) is 5.32 Å². The third kappa shape index (κ3) is 4.63. The first-order chi connectivity index (χ1) is 9.29. The third-order valence-corrected chi connectivity index (χ3v) is 4.31. The van der Waals surface area contributed by atoms with E-state index in [1.165, 1.54) is 31.2 Å².